The van der Waals surface area contributed by atoms with Crippen LogP contribution in [0.3, 0.4) is 0 Å². The Morgan fingerprint density at radius 3 is 2.86 bits per heavy atom. The number of benzene rings is 2. The summed E-state index contributed by atoms with van der Waals surface area (Å²) < 4.78 is 22.3. The van der Waals surface area contributed by atoms with Gasteiger partial charge in [-0.1, -0.05) is 41.9 Å². The van der Waals surface area contributed by atoms with E-state index in [-0.39, 0.29) is 10.6 Å². The maximum atomic E-state index is 14.0. The predicted octanol–water partition coefficient (Wildman–Crippen LogP) is 5.09. The number of fused-ring (bicyclic) bond motifs is 3. The second kappa shape index (κ2) is 4.88. The maximum absolute atomic E-state index is 14.0. The zero-order valence-corrected chi connectivity index (χ0v) is 13.9. The molecule has 0 radical (unpaired) electrons. The van der Waals surface area contributed by atoms with Crippen molar-refractivity contribution in [3.63, 3.8) is 0 Å². The van der Waals surface area contributed by atoms with Gasteiger partial charge in [0.15, 0.2) is 0 Å². The highest BCUT2D eigenvalue weighted by molar-refractivity contribution is 9.10. The first-order valence-corrected chi connectivity index (χ1v) is 8.32. The van der Waals surface area contributed by atoms with Crippen LogP contribution in [0, 0.1) is 5.82 Å². The molecule has 6 heteroatoms. The van der Waals surface area contributed by atoms with Gasteiger partial charge in [-0.05, 0) is 27.1 Å². The molecule has 108 valence electrons. The van der Waals surface area contributed by atoms with E-state index in [1.165, 1.54) is 18.3 Å². The van der Waals surface area contributed by atoms with Crippen molar-refractivity contribution in [2.24, 2.45) is 0 Å². The first-order chi connectivity index (χ1) is 10.1. The van der Waals surface area contributed by atoms with E-state index < -0.39 is 5.82 Å². The molecule has 1 saturated heterocycles. The monoisotopic (exact) mass is 385 g/mol. The van der Waals surface area contributed by atoms with Crippen LogP contribution >= 0.6 is 39.8 Å². The largest absolute Gasteiger partial charge is 0.294 e. The molecular weight excluding hydrogens is 377 g/mol. The maximum Gasteiger partial charge on any atom is 0.145 e. The molecule has 1 atom stereocenters. The highest BCUT2D eigenvalue weighted by Gasteiger charge is 2.51. The molecular formula is C15H10BrClFNOS. The first-order valence-electron chi connectivity index (χ1n) is 6.45. The summed E-state index contributed by atoms with van der Waals surface area (Å²) in [4.78, 5) is 0. The van der Waals surface area contributed by atoms with E-state index in [0.717, 1.165) is 23.2 Å². The van der Waals surface area contributed by atoms with Crippen molar-refractivity contribution < 1.29 is 8.57 Å². The Bertz CT molecular complexity index is 729. The second-order valence-corrected chi connectivity index (χ2v) is 7.11. The lowest BCUT2D eigenvalue weighted by molar-refractivity contribution is 0.301. The van der Waals surface area contributed by atoms with E-state index in [9.17, 15) is 4.39 Å². The minimum Gasteiger partial charge on any atom is -0.294 e. The quantitative estimate of drug-likeness (QED) is 0.385. The molecule has 2 heterocycles. The second-order valence-electron chi connectivity index (χ2n) is 5.19. The molecule has 0 aromatic heterocycles. The molecule has 1 fully saturated rings. The average Bonchev–Trinajstić information content (AvgIpc) is 3.05. The molecule has 1 unspecified atom stereocenters. The van der Waals surface area contributed by atoms with Crippen LogP contribution in [0.25, 0.3) is 0 Å². The van der Waals surface area contributed by atoms with E-state index in [4.69, 9.17) is 15.8 Å². The number of halogens is 3. The van der Waals surface area contributed by atoms with Gasteiger partial charge in [0.25, 0.3) is 0 Å². The molecule has 2 aliphatic rings. The molecule has 21 heavy (non-hydrogen) atoms. The van der Waals surface area contributed by atoms with E-state index in [1.54, 1.807) is 0 Å². The van der Waals surface area contributed by atoms with Crippen LogP contribution in [0.1, 0.15) is 11.1 Å². The van der Waals surface area contributed by atoms with Crippen molar-refractivity contribution in [1.29, 1.82) is 0 Å². The van der Waals surface area contributed by atoms with E-state index >= 15 is 0 Å². The highest BCUT2D eigenvalue weighted by Crippen LogP contribution is 2.56. The summed E-state index contributed by atoms with van der Waals surface area (Å²) in [7, 11) is 0. The van der Waals surface area contributed by atoms with Crippen molar-refractivity contribution in [1.82, 2.24) is 0 Å². The Balaban J connectivity index is 1.92. The van der Waals surface area contributed by atoms with Crippen molar-refractivity contribution in [3.8, 4) is 0 Å². The lowest BCUT2D eigenvalue weighted by atomic mass is 9.88. The Kier molecular flexibility index (Phi) is 3.23. The highest BCUT2D eigenvalue weighted by atomic mass is 79.9. The predicted molar refractivity (Wildman–Crippen MR) is 87.0 cm³/mol. The van der Waals surface area contributed by atoms with Gasteiger partial charge in [-0.2, -0.15) is 0 Å². The molecule has 4 rings (SSSR count). The van der Waals surface area contributed by atoms with Crippen LogP contribution in [-0.2, 0) is 16.1 Å². The number of nitrogens with zero attached hydrogens (tertiary/aromatic N) is 1. The molecule has 0 aliphatic carbocycles. The lowest BCUT2D eigenvalue weighted by Crippen LogP contribution is -2.38. The third-order valence-electron chi connectivity index (χ3n) is 4.05. The first kappa shape index (κ1) is 13.9. The normalized spacial score (nSPS) is 23.3. The average molecular weight is 387 g/mol. The number of hydrogen-bond donors (Lipinski definition) is 0. The molecule has 2 aromatic rings. The van der Waals surface area contributed by atoms with Gasteiger partial charge in [-0.25, -0.2) is 4.39 Å². The molecule has 2 aromatic carbocycles. The fourth-order valence-corrected chi connectivity index (χ4v) is 4.68. The van der Waals surface area contributed by atoms with E-state index in [2.05, 4.69) is 32.4 Å². The van der Waals surface area contributed by atoms with E-state index in [1.807, 2.05) is 18.2 Å². The molecule has 0 bridgehead atoms. The van der Waals surface area contributed by atoms with Gasteiger partial charge in [0.2, 0.25) is 0 Å². The summed E-state index contributed by atoms with van der Waals surface area (Å²) in [5.41, 5.74) is 2.72. The van der Waals surface area contributed by atoms with Crippen molar-refractivity contribution >= 4 is 45.4 Å². The fraction of sp³-hybridized carbons (Fsp3) is 0.200. The van der Waals surface area contributed by atoms with Gasteiger partial charge in [-0.15, -0.1) is 0 Å². The Labute approximate surface area is 139 Å². The van der Waals surface area contributed by atoms with Gasteiger partial charge in [0, 0.05) is 17.0 Å². The molecule has 0 spiro atoms. The third-order valence-corrected chi connectivity index (χ3v) is 6.44. The third kappa shape index (κ3) is 1.88. The van der Waals surface area contributed by atoms with Gasteiger partial charge in [0.05, 0.1) is 17.3 Å². The molecule has 0 amide bonds. The van der Waals surface area contributed by atoms with Crippen molar-refractivity contribution in [2.75, 3.05) is 10.9 Å². The summed E-state index contributed by atoms with van der Waals surface area (Å²) in [6.45, 7) is 0.558. The van der Waals surface area contributed by atoms with Gasteiger partial charge >= 0.3 is 0 Å². The SMILES string of the molecule is Fc1cc2c(c(Br)c1Cl)CC1(c3ccccc3)COSN21. The summed E-state index contributed by atoms with van der Waals surface area (Å²) >= 11 is 10.7. The van der Waals surface area contributed by atoms with E-state index in [0.29, 0.717) is 11.1 Å². The van der Waals surface area contributed by atoms with Crippen LogP contribution in [0.5, 0.6) is 0 Å². The Morgan fingerprint density at radius 1 is 1.33 bits per heavy atom. The smallest absolute Gasteiger partial charge is 0.145 e. The standard InChI is InChI=1S/C15H10BrClFNOS/c16-13-10-7-15(9-4-2-1-3-5-9)8-20-21-19(15)12(10)6-11(18)14(13)17/h1-6H,7-8H2. The van der Waals surface area contributed by atoms with Crippen LogP contribution < -0.4 is 4.31 Å². The summed E-state index contributed by atoms with van der Waals surface area (Å²) in [5, 5.41) is 0.143. The lowest BCUT2D eigenvalue weighted by Gasteiger charge is -2.30. The molecule has 0 N–H and O–H groups in total. The van der Waals surface area contributed by atoms with Crippen molar-refractivity contribution in [3.05, 3.63) is 62.8 Å². The van der Waals surface area contributed by atoms with Crippen LogP contribution in [0.4, 0.5) is 10.1 Å². The van der Waals surface area contributed by atoms with Crippen LogP contribution in [-0.4, -0.2) is 6.61 Å². The fourth-order valence-electron chi connectivity index (χ4n) is 3.01. The minimum atomic E-state index is -0.418. The number of rotatable bonds is 1. The van der Waals surface area contributed by atoms with Gasteiger partial charge < -0.3 is 0 Å². The minimum absolute atomic E-state index is 0.143. The molecule has 2 nitrogen and oxygen atoms in total. The molecule has 0 saturated carbocycles. The summed E-state index contributed by atoms with van der Waals surface area (Å²) in [5.74, 6) is -0.418. The zero-order valence-electron chi connectivity index (χ0n) is 10.8. The summed E-state index contributed by atoms with van der Waals surface area (Å²) in [6.07, 6.45) is 0.736. The topological polar surface area (TPSA) is 12.5 Å². The number of hydrogen-bond acceptors (Lipinski definition) is 3. The Morgan fingerprint density at radius 2 is 2.10 bits per heavy atom. The van der Waals surface area contributed by atoms with Crippen LogP contribution in [0.2, 0.25) is 5.02 Å². The summed E-state index contributed by atoms with van der Waals surface area (Å²) in [6, 6.07) is 11.7. The van der Waals surface area contributed by atoms with Crippen molar-refractivity contribution in [2.45, 2.75) is 12.0 Å². The zero-order chi connectivity index (χ0) is 14.6. The van der Waals surface area contributed by atoms with Crippen LogP contribution in [0.15, 0.2) is 40.9 Å². The van der Waals surface area contributed by atoms with Gasteiger partial charge in [-0.3, -0.25) is 8.49 Å². The molecule has 2 aliphatic heterocycles. The number of anilines is 1. The van der Waals surface area contributed by atoms with Gasteiger partial charge in [0.1, 0.15) is 23.6 Å². The Hall–Kier alpha value is -0.750.